The quantitative estimate of drug-likeness (QED) is 0.682. The fraction of sp³-hybridized carbons (Fsp3) is 0.444. The van der Waals surface area contributed by atoms with Crippen LogP contribution >= 0.6 is 11.6 Å². The zero-order chi connectivity index (χ0) is 15.8. The van der Waals surface area contributed by atoms with E-state index in [1.165, 1.54) is 5.56 Å². The smallest absolute Gasteiger partial charge is 0.161 e. The lowest BCUT2D eigenvalue weighted by molar-refractivity contribution is 0.590. The predicted molar refractivity (Wildman–Crippen MR) is 90.0 cm³/mol. The standard InChI is InChI=1S/C18H23ClN2/c1-11(2)15-12(3)20-17(21-16(15)19)13-7-9-14(10-8-13)18(4,5)6/h7-11H,1-6H3. The van der Waals surface area contributed by atoms with Crippen molar-refractivity contribution in [3.05, 3.63) is 46.2 Å². The molecular formula is C18H23ClN2. The van der Waals surface area contributed by atoms with Gasteiger partial charge in [-0.3, -0.25) is 0 Å². The zero-order valence-electron chi connectivity index (χ0n) is 13.7. The molecule has 21 heavy (non-hydrogen) atoms. The molecule has 3 heteroatoms. The highest BCUT2D eigenvalue weighted by molar-refractivity contribution is 6.30. The first-order chi connectivity index (χ1) is 9.70. The average Bonchev–Trinajstić information content (AvgIpc) is 2.36. The predicted octanol–water partition coefficient (Wildman–Crippen LogP) is 5.53. The molecule has 0 amide bonds. The number of hydrogen-bond acceptors (Lipinski definition) is 2. The van der Waals surface area contributed by atoms with Crippen molar-refractivity contribution in [2.24, 2.45) is 0 Å². The van der Waals surface area contributed by atoms with Crippen molar-refractivity contribution in [2.75, 3.05) is 0 Å². The van der Waals surface area contributed by atoms with Gasteiger partial charge < -0.3 is 0 Å². The van der Waals surface area contributed by atoms with E-state index >= 15 is 0 Å². The summed E-state index contributed by atoms with van der Waals surface area (Å²) in [4.78, 5) is 9.09. The van der Waals surface area contributed by atoms with Crippen molar-refractivity contribution in [3.8, 4) is 11.4 Å². The first kappa shape index (κ1) is 16.0. The van der Waals surface area contributed by atoms with Gasteiger partial charge in [-0.1, -0.05) is 70.5 Å². The van der Waals surface area contributed by atoms with E-state index in [9.17, 15) is 0 Å². The molecule has 0 saturated heterocycles. The number of nitrogens with zero attached hydrogens (tertiary/aromatic N) is 2. The summed E-state index contributed by atoms with van der Waals surface area (Å²) in [6, 6.07) is 8.41. The molecule has 2 nitrogen and oxygen atoms in total. The van der Waals surface area contributed by atoms with Crippen LogP contribution in [0.25, 0.3) is 11.4 Å². The van der Waals surface area contributed by atoms with Crippen molar-refractivity contribution in [1.82, 2.24) is 9.97 Å². The second-order valence-corrected chi connectivity index (χ2v) is 7.18. The summed E-state index contributed by atoms with van der Waals surface area (Å²) in [7, 11) is 0. The molecule has 0 bridgehead atoms. The molecule has 0 aliphatic carbocycles. The highest BCUT2D eigenvalue weighted by Crippen LogP contribution is 2.29. The first-order valence-electron chi connectivity index (χ1n) is 7.35. The van der Waals surface area contributed by atoms with E-state index < -0.39 is 0 Å². The van der Waals surface area contributed by atoms with Gasteiger partial charge in [0.25, 0.3) is 0 Å². The number of rotatable bonds is 2. The Morgan fingerprint density at radius 3 is 2.00 bits per heavy atom. The molecule has 0 spiro atoms. The Bertz CT molecular complexity index is 614. The average molecular weight is 303 g/mol. The lowest BCUT2D eigenvalue weighted by Crippen LogP contribution is -2.10. The highest BCUT2D eigenvalue weighted by Gasteiger charge is 2.16. The Hall–Kier alpha value is -1.41. The lowest BCUT2D eigenvalue weighted by Gasteiger charge is -2.19. The molecule has 2 aromatic rings. The summed E-state index contributed by atoms with van der Waals surface area (Å²) in [6.07, 6.45) is 0. The lowest BCUT2D eigenvalue weighted by atomic mass is 9.86. The normalized spacial score (nSPS) is 12.0. The van der Waals surface area contributed by atoms with Crippen molar-refractivity contribution >= 4 is 11.6 Å². The van der Waals surface area contributed by atoms with Gasteiger partial charge in [0.2, 0.25) is 0 Å². The molecule has 1 aromatic heterocycles. The molecule has 0 aliphatic rings. The third-order valence-electron chi connectivity index (χ3n) is 3.68. The minimum absolute atomic E-state index is 0.147. The van der Waals surface area contributed by atoms with Crippen LogP contribution in [-0.4, -0.2) is 9.97 Å². The number of benzene rings is 1. The Morgan fingerprint density at radius 2 is 1.57 bits per heavy atom. The fourth-order valence-corrected chi connectivity index (χ4v) is 2.89. The summed E-state index contributed by atoms with van der Waals surface area (Å²) in [6.45, 7) is 12.8. The third-order valence-corrected chi connectivity index (χ3v) is 3.96. The van der Waals surface area contributed by atoms with Crippen LogP contribution in [0.15, 0.2) is 24.3 Å². The monoisotopic (exact) mass is 302 g/mol. The van der Waals surface area contributed by atoms with Crippen LogP contribution in [0.4, 0.5) is 0 Å². The van der Waals surface area contributed by atoms with Crippen LogP contribution in [-0.2, 0) is 5.41 Å². The van der Waals surface area contributed by atoms with Crippen molar-refractivity contribution in [2.45, 2.75) is 52.9 Å². The van der Waals surface area contributed by atoms with Gasteiger partial charge in [0.05, 0.1) is 0 Å². The molecular weight excluding hydrogens is 280 g/mol. The number of aromatic nitrogens is 2. The van der Waals surface area contributed by atoms with E-state index in [-0.39, 0.29) is 5.41 Å². The summed E-state index contributed by atoms with van der Waals surface area (Å²) in [5.41, 5.74) is 4.44. The minimum Gasteiger partial charge on any atom is -0.233 e. The molecule has 0 fully saturated rings. The molecule has 0 aliphatic heterocycles. The Kier molecular flexibility index (Phi) is 4.38. The first-order valence-corrected chi connectivity index (χ1v) is 7.73. The number of halogens is 1. The van der Waals surface area contributed by atoms with Crippen LogP contribution in [0.5, 0.6) is 0 Å². The molecule has 0 saturated carbocycles. The zero-order valence-corrected chi connectivity index (χ0v) is 14.4. The molecule has 0 radical (unpaired) electrons. The van der Waals surface area contributed by atoms with E-state index in [4.69, 9.17) is 11.6 Å². The van der Waals surface area contributed by atoms with Crippen molar-refractivity contribution in [1.29, 1.82) is 0 Å². The van der Waals surface area contributed by atoms with Gasteiger partial charge in [0, 0.05) is 16.8 Å². The van der Waals surface area contributed by atoms with Crippen LogP contribution in [0.3, 0.4) is 0 Å². The molecule has 1 heterocycles. The summed E-state index contributed by atoms with van der Waals surface area (Å²) in [5, 5.41) is 0.562. The molecule has 0 atom stereocenters. The second kappa shape index (κ2) is 5.76. The van der Waals surface area contributed by atoms with E-state index in [0.717, 1.165) is 16.8 Å². The second-order valence-electron chi connectivity index (χ2n) is 6.82. The SMILES string of the molecule is Cc1nc(-c2ccc(C(C)(C)C)cc2)nc(Cl)c1C(C)C. The molecule has 1 aromatic carbocycles. The maximum absolute atomic E-state index is 6.33. The topological polar surface area (TPSA) is 25.8 Å². The van der Waals surface area contributed by atoms with Crippen molar-refractivity contribution < 1.29 is 0 Å². The maximum Gasteiger partial charge on any atom is 0.161 e. The van der Waals surface area contributed by atoms with Gasteiger partial charge >= 0.3 is 0 Å². The summed E-state index contributed by atoms with van der Waals surface area (Å²) >= 11 is 6.33. The van der Waals surface area contributed by atoms with E-state index in [0.29, 0.717) is 16.9 Å². The Balaban J connectivity index is 2.44. The van der Waals surface area contributed by atoms with E-state index in [1.807, 2.05) is 6.92 Å². The van der Waals surface area contributed by atoms with E-state index in [1.54, 1.807) is 0 Å². The third kappa shape index (κ3) is 3.44. The van der Waals surface area contributed by atoms with E-state index in [2.05, 4.69) is 68.9 Å². The molecule has 112 valence electrons. The molecule has 0 N–H and O–H groups in total. The van der Waals surface area contributed by atoms with Crippen LogP contribution in [0, 0.1) is 6.92 Å². The van der Waals surface area contributed by atoms with Gasteiger partial charge in [-0.15, -0.1) is 0 Å². The largest absolute Gasteiger partial charge is 0.233 e. The Morgan fingerprint density at radius 1 is 1.00 bits per heavy atom. The Labute approximate surface area is 132 Å². The van der Waals surface area contributed by atoms with Gasteiger partial charge in [-0.2, -0.15) is 0 Å². The van der Waals surface area contributed by atoms with Gasteiger partial charge in [-0.25, -0.2) is 9.97 Å². The molecule has 2 rings (SSSR count). The number of hydrogen-bond donors (Lipinski definition) is 0. The van der Waals surface area contributed by atoms with Gasteiger partial charge in [-0.05, 0) is 23.8 Å². The van der Waals surface area contributed by atoms with Crippen LogP contribution in [0.2, 0.25) is 5.15 Å². The summed E-state index contributed by atoms with van der Waals surface area (Å²) < 4.78 is 0. The number of aryl methyl sites for hydroxylation is 1. The van der Waals surface area contributed by atoms with Crippen LogP contribution in [0.1, 0.15) is 57.4 Å². The molecule has 0 unspecified atom stereocenters. The van der Waals surface area contributed by atoms with Crippen LogP contribution < -0.4 is 0 Å². The maximum atomic E-state index is 6.33. The summed E-state index contributed by atoms with van der Waals surface area (Å²) in [5.74, 6) is 1.03. The highest BCUT2D eigenvalue weighted by atomic mass is 35.5. The van der Waals surface area contributed by atoms with Gasteiger partial charge in [0.15, 0.2) is 5.82 Å². The van der Waals surface area contributed by atoms with Crippen molar-refractivity contribution in [3.63, 3.8) is 0 Å². The fourth-order valence-electron chi connectivity index (χ4n) is 2.45. The minimum atomic E-state index is 0.147. The van der Waals surface area contributed by atoms with Gasteiger partial charge in [0.1, 0.15) is 5.15 Å².